The maximum atomic E-state index is 13.9. The van der Waals surface area contributed by atoms with Gasteiger partial charge in [0.2, 0.25) is 11.8 Å². The number of hydrogen-bond donors (Lipinski definition) is 1. The molecule has 0 spiro atoms. The van der Waals surface area contributed by atoms with E-state index in [1.807, 2.05) is 30.3 Å². The largest absolute Gasteiger partial charge is 0.462 e. The number of fused-ring (bicyclic) bond motifs is 1. The van der Waals surface area contributed by atoms with Crippen molar-refractivity contribution in [2.24, 2.45) is 0 Å². The number of amides is 2. The molecule has 2 aromatic rings. The number of Topliss-reactive ketones (excluding diaryl/α,β-unsaturated/α-hetero) is 1. The molecule has 2 amide bonds. The molecule has 2 aromatic carbocycles. The van der Waals surface area contributed by atoms with Gasteiger partial charge >= 0.3 is 11.9 Å². The Morgan fingerprint density at radius 2 is 1.56 bits per heavy atom. The Balaban J connectivity index is 1.45. The standard InChI is InChI=1S/C35H45N3O7/c1-24(39)44-28-16-19-37(20-17-28)21-18-29(34(43)45-35(2,3)4)36-33(42)30-22-26-12-8-9-13-27(26)23-38(30)32(41)15-14-31(40)25-10-6-5-7-11-25/h5-13,28-30H,14-23H2,1-4H3,(H,36,42)/t29?,30-/m0/s1. The molecular formula is C35H45N3O7. The second-order valence-electron chi connectivity index (χ2n) is 12.8. The lowest BCUT2D eigenvalue weighted by Gasteiger charge is -2.37. The smallest absolute Gasteiger partial charge is 0.329 e. The summed E-state index contributed by atoms with van der Waals surface area (Å²) in [7, 11) is 0. The molecule has 0 aromatic heterocycles. The number of rotatable bonds is 11. The van der Waals surface area contributed by atoms with E-state index in [0.29, 0.717) is 50.9 Å². The van der Waals surface area contributed by atoms with Gasteiger partial charge in [0, 0.05) is 57.9 Å². The van der Waals surface area contributed by atoms with Crippen LogP contribution in [-0.2, 0) is 41.6 Å². The van der Waals surface area contributed by atoms with Gasteiger partial charge in [0.25, 0.3) is 0 Å². The number of hydrogen-bond acceptors (Lipinski definition) is 8. The van der Waals surface area contributed by atoms with Crippen molar-refractivity contribution in [2.75, 3.05) is 19.6 Å². The van der Waals surface area contributed by atoms with E-state index in [4.69, 9.17) is 9.47 Å². The number of nitrogens with one attached hydrogen (secondary N) is 1. The molecule has 1 fully saturated rings. The van der Waals surface area contributed by atoms with Gasteiger partial charge in [0.05, 0.1) is 0 Å². The molecule has 10 heteroatoms. The first-order chi connectivity index (χ1) is 21.4. The average molecular weight is 620 g/mol. The molecule has 2 aliphatic heterocycles. The molecular weight excluding hydrogens is 574 g/mol. The van der Waals surface area contributed by atoms with Crippen molar-refractivity contribution >= 4 is 29.5 Å². The average Bonchev–Trinajstić information content (AvgIpc) is 3.01. The van der Waals surface area contributed by atoms with Gasteiger partial charge in [0.1, 0.15) is 23.8 Å². The first kappa shape index (κ1) is 33.8. The first-order valence-electron chi connectivity index (χ1n) is 15.8. The lowest BCUT2D eigenvalue weighted by molar-refractivity contribution is -0.159. The number of likely N-dealkylation sites (tertiary alicyclic amines) is 1. The van der Waals surface area contributed by atoms with Gasteiger partial charge in [-0.15, -0.1) is 0 Å². The maximum Gasteiger partial charge on any atom is 0.329 e. The SMILES string of the molecule is CC(=O)OC1CCN(CCC(NC(=O)[C@@H]2Cc3ccccc3CN2C(=O)CCC(=O)c2ccccc2)C(=O)OC(C)(C)C)CC1. The van der Waals surface area contributed by atoms with E-state index in [2.05, 4.69) is 10.2 Å². The molecule has 2 aliphatic rings. The molecule has 0 aliphatic carbocycles. The second-order valence-corrected chi connectivity index (χ2v) is 12.8. The van der Waals surface area contributed by atoms with E-state index in [1.165, 1.54) is 11.8 Å². The molecule has 0 bridgehead atoms. The summed E-state index contributed by atoms with van der Waals surface area (Å²) < 4.78 is 11.0. The highest BCUT2D eigenvalue weighted by atomic mass is 16.6. The van der Waals surface area contributed by atoms with Crippen molar-refractivity contribution in [1.82, 2.24) is 15.1 Å². The van der Waals surface area contributed by atoms with E-state index in [9.17, 15) is 24.0 Å². The highest BCUT2D eigenvalue weighted by molar-refractivity contribution is 5.98. The van der Waals surface area contributed by atoms with Crippen LogP contribution in [0.5, 0.6) is 0 Å². The zero-order chi connectivity index (χ0) is 32.6. The Morgan fingerprint density at radius 3 is 2.20 bits per heavy atom. The molecule has 1 N–H and O–H groups in total. The number of ketones is 1. The Morgan fingerprint density at radius 1 is 0.911 bits per heavy atom. The Bertz CT molecular complexity index is 1360. The summed E-state index contributed by atoms with van der Waals surface area (Å²) in [6.07, 6.45) is 1.92. The Labute approximate surface area is 265 Å². The Kier molecular flexibility index (Phi) is 11.5. The van der Waals surface area contributed by atoms with Crippen LogP contribution in [0.15, 0.2) is 54.6 Å². The minimum Gasteiger partial charge on any atom is -0.462 e. The van der Waals surface area contributed by atoms with Crippen LogP contribution < -0.4 is 5.32 Å². The van der Waals surface area contributed by atoms with Crippen molar-refractivity contribution in [3.63, 3.8) is 0 Å². The minimum absolute atomic E-state index is 0.0293. The molecule has 0 radical (unpaired) electrons. The summed E-state index contributed by atoms with van der Waals surface area (Å²) in [6, 6.07) is 14.7. The van der Waals surface area contributed by atoms with Gasteiger partial charge in [-0.1, -0.05) is 54.6 Å². The molecule has 2 heterocycles. The van der Waals surface area contributed by atoms with Crippen LogP contribution in [0.25, 0.3) is 0 Å². The molecule has 10 nitrogen and oxygen atoms in total. The highest BCUT2D eigenvalue weighted by Gasteiger charge is 2.37. The lowest BCUT2D eigenvalue weighted by atomic mass is 9.92. The van der Waals surface area contributed by atoms with Crippen molar-refractivity contribution < 1.29 is 33.4 Å². The van der Waals surface area contributed by atoms with Crippen molar-refractivity contribution in [3.05, 3.63) is 71.3 Å². The third-order valence-electron chi connectivity index (χ3n) is 8.14. The summed E-state index contributed by atoms with van der Waals surface area (Å²) in [5.74, 6) is -1.69. The van der Waals surface area contributed by atoms with Crippen LogP contribution in [0.3, 0.4) is 0 Å². The summed E-state index contributed by atoms with van der Waals surface area (Å²) in [5.41, 5.74) is 1.70. The zero-order valence-electron chi connectivity index (χ0n) is 26.8. The minimum atomic E-state index is -0.920. The number of esters is 2. The van der Waals surface area contributed by atoms with E-state index in [0.717, 1.165) is 11.1 Å². The van der Waals surface area contributed by atoms with Gasteiger partial charge in [-0.2, -0.15) is 0 Å². The van der Waals surface area contributed by atoms with Gasteiger partial charge in [0.15, 0.2) is 5.78 Å². The topological polar surface area (TPSA) is 122 Å². The van der Waals surface area contributed by atoms with Crippen LogP contribution in [0.2, 0.25) is 0 Å². The van der Waals surface area contributed by atoms with Gasteiger partial charge < -0.3 is 24.6 Å². The second kappa shape index (κ2) is 15.3. The lowest BCUT2D eigenvalue weighted by Crippen LogP contribution is -2.56. The number of carbonyl (C=O) groups excluding carboxylic acids is 5. The molecule has 2 atom stereocenters. The summed E-state index contributed by atoms with van der Waals surface area (Å²) >= 11 is 0. The number of piperidine rings is 1. The van der Waals surface area contributed by atoms with Gasteiger partial charge in [-0.3, -0.25) is 19.2 Å². The summed E-state index contributed by atoms with van der Waals surface area (Å²) in [5, 5.41) is 2.92. The van der Waals surface area contributed by atoms with E-state index >= 15 is 0 Å². The van der Waals surface area contributed by atoms with Crippen LogP contribution in [0, 0.1) is 0 Å². The zero-order valence-corrected chi connectivity index (χ0v) is 26.8. The number of carbonyl (C=O) groups is 5. The molecule has 242 valence electrons. The van der Waals surface area contributed by atoms with Crippen molar-refractivity contribution in [3.8, 4) is 0 Å². The van der Waals surface area contributed by atoms with Crippen molar-refractivity contribution in [1.29, 1.82) is 0 Å². The summed E-state index contributed by atoms with van der Waals surface area (Å²) in [6.45, 7) is 8.92. The van der Waals surface area contributed by atoms with E-state index in [-0.39, 0.29) is 43.2 Å². The van der Waals surface area contributed by atoms with E-state index < -0.39 is 29.6 Å². The highest BCUT2D eigenvalue weighted by Crippen LogP contribution is 2.25. The van der Waals surface area contributed by atoms with E-state index in [1.54, 1.807) is 45.0 Å². The fraction of sp³-hybridized carbons (Fsp3) is 0.514. The molecule has 45 heavy (non-hydrogen) atoms. The predicted molar refractivity (Wildman–Crippen MR) is 168 cm³/mol. The van der Waals surface area contributed by atoms with Crippen LogP contribution in [-0.4, -0.2) is 82.8 Å². The monoisotopic (exact) mass is 619 g/mol. The van der Waals surface area contributed by atoms with Crippen LogP contribution >= 0.6 is 0 Å². The Hall–Kier alpha value is -4.05. The molecule has 1 unspecified atom stereocenters. The van der Waals surface area contributed by atoms with Crippen LogP contribution in [0.4, 0.5) is 0 Å². The number of benzene rings is 2. The molecule has 0 saturated carbocycles. The van der Waals surface area contributed by atoms with Crippen LogP contribution in [0.1, 0.15) is 81.3 Å². The normalized spacial score (nSPS) is 18.0. The number of nitrogens with zero attached hydrogens (tertiary/aromatic N) is 2. The molecule has 4 rings (SSSR count). The molecule has 1 saturated heterocycles. The summed E-state index contributed by atoms with van der Waals surface area (Å²) in [4.78, 5) is 68.5. The first-order valence-corrected chi connectivity index (χ1v) is 15.8. The van der Waals surface area contributed by atoms with Gasteiger partial charge in [-0.05, 0) is 51.2 Å². The quantitative estimate of drug-likeness (QED) is 0.297. The predicted octanol–water partition coefficient (Wildman–Crippen LogP) is 3.85. The third-order valence-corrected chi connectivity index (χ3v) is 8.14. The number of ether oxygens (including phenoxy) is 2. The fourth-order valence-electron chi connectivity index (χ4n) is 5.84. The van der Waals surface area contributed by atoms with Gasteiger partial charge in [-0.25, -0.2) is 4.79 Å². The maximum absolute atomic E-state index is 13.9. The van der Waals surface area contributed by atoms with Crippen molar-refractivity contribution in [2.45, 2.75) is 96.6 Å². The third kappa shape index (κ3) is 9.97. The fourth-order valence-corrected chi connectivity index (χ4v) is 5.84.